The fourth-order valence-electron chi connectivity index (χ4n) is 3.02. The summed E-state index contributed by atoms with van der Waals surface area (Å²) in [6, 6.07) is 4.61. The second kappa shape index (κ2) is 9.65. The van der Waals surface area contributed by atoms with Crippen molar-refractivity contribution in [2.45, 2.75) is 43.5 Å². The fourth-order valence-corrected chi connectivity index (χ4v) is 3.80. The number of nitrogens with one attached hydrogen (secondary N) is 3. The number of hydrogen-bond acceptors (Lipinski definition) is 6. The Morgan fingerprint density at radius 1 is 1.18 bits per heavy atom. The number of benzene rings is 1. The average molecular weight is 411 g/mol. The second-order valence-corrected chi connectivity index (χ2v) is 8.59. The summed E-state index contributed by atoms with van der Waals surface area (Å²) < 4.78 is 30.6. The number of rotatable bonds is 6. The molecular weight excluding hydrogens is 386 g/mol. The second-order valence-electron chi connectivity index (χ2n) is 6.70. The molecule has 1 aromatic carbocycles. The summed E-state index contributed by atoms with van der Waals surface area (Å²) in [7, 11) is -2.46. The zero-order chi connectivity index (χ0) is 20.7. The van der Waals surface area contributed by atoms with Crippen molar-refractivity contribution < 1.29 is 27.5 Å². The van der Waals surface area contributed by atoms with Crippen molar-refractivity contribution in [1.29, 1.82) is 0 Å². The number of imide groups is 1. The number of amides is 3. The van der Waals surface area contributed by atoms with Gasteiger partial charge in [0.05, 0.1) is 10.5 Å². The Morgan fingerprint density at radius 3 is 2.57 bits per heavy atom. The van der Waals surface area contributed by atoms with Crippen molar-refractivity contribution in [3.05, 3.63) is 29.8 Å². The van der Waals surface area contributed by atoms with Gasteiger partial charge in [-0.25, -0.2) is 22.7 Å². The van der Waals surface area contributed by atoms with Crippen LogP contribution in [0.25, 0.3) is 0 Å². The first-order valence-electron chi connectivity index (χ1n) is 9.04. The molecule has 1 aliphatic rings. The molecule has 1 aromatic rings. The molecule has 3 amide bonds. The van der Waals surface area contributed by atoms with Crippen LogP contribution in [0.1, 0.15) is 43.0 Å². The molecule has 0 bridgehead atoms. The van der Waals surface area contributed by atoms with Gasteiger partial charge in [-0.05, 0) is 44.0 Å². The molecule has 0 radical (unpaired) electrons. The van der Waals surface area contributed by atoms with E-state index in [2.05, 4.69) is 22.3 Å². The first kappa shape index (κ1) is 21.8. The van der Waals surface area contributed by atoms with Gasteiger partial charge in [0.15, 0.2) is 6.61 Å². The largest absolute Gasteiger partial charge is 0.452 e. The molecule has 1 fully saturated rings. The van der Waals surface area contributed by atoms with E-state index in [4.69, 9.17) is 4.74 Å². The van der Waals surface area contributed by atoms with Gasteiger partial charge in [-0.2, -0.15) is 0 Å². The van der Waals surface area contributed by atoms with Crippen molar-refractivity contribution in [2.24, 2.45) is 5.92 Å². The normalized spacial score (nSPS) is 19.5. The van der Waals surface area contributed by atoms with Crippen LogP contribution in [0.5, 0.6) is 0 Å². The molecule has 2 atom stereocenters. The van der Waals surface area contributed by atoms with E-state index >= 15 is 0 Å². The van der Waals surface area contributed by atoms with Gasteiger partial charge >= 0.3 is 12.0 Å². The predicted octanol–water partition coefficient (Wildman–Crippen LogP) is 1.16. The van der Waals surface area contributed by atoms with Crippen LogP contribution in [0.3, 0.4) is 0 Å². The Kier molecular flexibility index (Phi) is 7.53. The van der Waals surface area contributed by atoms with Crippen molar-refractivity contribution in [3.63, 3.8) is 0 Å². The summed E-state index contributed by atoms with van der Waals surface area (Å²) in [5.41, 5.74) is -0.0235. The summed E-state index contributed by atoms with van der Waals surface area (Å²) in [4.78, 5) is 35.7. The Morgan fingerprint density at radius 2 is 1.89 bits per heavy atom. The van der Waals surface area contributed by atoms with E-state index < -0.39 is 34.5 Å². The van der Waals surface area contributed by atoms with Gasteiger partial charge in [-0.15, -0.1) is 0 Å². The molecule has 9 nitrogen and oxygen atoms in total. The van der Waals surface area contributed by atoms with Gasteiger partial charge in [0.25, 0.3) is 5.91 Å². The predicted molar refractivity (Wildman–Crippen MR) is 101 cm³/mol. The maximum atomic E-state index is 12.0. The molecule has 0 spiro atoms. The number of hydrogen-bond donors (Lipinski definition) is 3. The molecular formula is C18H25N3O6S. The third-order valence-corrected chi connectivity index (χ3v) is 6.08. The highest BCUT2D eigenvalue weighted by molar-refractivity contribution is 7.89. The van der Waals surface area contributed by atoms with Crippen LogP contribution in [0.2, 0.25) is 0 Å². The molecule has 1 saturated carbocycles. The SMILES string of the molecule is CNS(=O)(=O)c1cccc(C(=O)OCC(=O)NC(=O)N[C@@H]2CCCC[C@H]2C)c1. The third-order valence-electron chi connectivity index (χ3n) is 4.66. The van der Waals surface area contributed by atoms with E-state index in [1.54, 1.807) is 0 Å². The van der Waals surface area contributed by atoms with Gasteiger partial charge in [-0.1, -0.05) is 25.8 Å². The number of sulfonamides is 1. The smallest absolute Gasteiger partial charge is 0.338 e. The third kappa shape index (κ3) is 6.03. The molecule has 1 aliphatic carbocycles. The van der Waals surface area contributed by atoms with Gasteiger partial charge in [0, 0.05) is 6.04 Å². The summed E-state index contributed by atoms with van der Waals surface area (Å²) in [5.74, 6) is -1.30. The highest BCUT2D eigenvalue weighted by Crippen LogP contribution is 2.23. The number of esters is 1. The molecule has 0 aromatic heterocycles. The number of carbonyl (C=O) groups excluding carboxylic acids is 3. The Bertz CT molecular complexity index is 839. The first-order chi connectivity index (χ1) is 13.2. The van der Waals surface area contributed by atoms with Crippen LogP contribution in [0, 0.1) is 5.92 Å². The molecule has 2 rings (SSSR count). The minimum atomic E-state index is -3.71. The summed E-state index contributed by atoms with van der Waals surface area (Å²) in [6.07, 6.45) is 4.05. The molecule has 28 heavy (non-hydrogen) atoms. The number of ether oxygens (including phenoxy) is 1. The van der Waals surface area contributed by atoms with Crippen molar-refractivity contribution >= 4 is 27.9 Å². The molecule has 10 heteroatoms. The number of carbonyl (C=O) groups is 3. The molecule has 0 heterocycles. The van der Waals surface area contributed by atoms with E-state index in [1.165, 1.54) is 25.2 Å². The van der Waals surface area contributed by atoms with E-state index in [9.17, 15) is 22.8 Å². The molecule has 154 valence electrons. The van der Waals surface area contributed by atoms with Crippen LogP contribution in [-0.2, 0) is 19.6 Å². The van der Waals surface area contributed by atoms with Crippen molar-refractivity contribution in [1.82, 2.24) is 15.4 Å². The highest BCUT2D eigenvalue weighted by atomic mass is 32.2. The average Bonchev–Trinajstić information content (AvgIpc) is 2.68. The lowest BCUT2D eigenvalue weighted by molar-refractivity contribution is -0.123. The molecule has 0 aliphatic heterocycles. The lowest BCUT2D eigenvalue weighted by atomic mass is 9.86. The number of urea groups is 1. The molecule has 0 saturated heterocycles. The topological polar surface area (TPSA) is 131 Å². The van der Waals surface area contributed by atoms with E-state index in [-0.39, 0.29) is 16.5 Å². The summed E-state index contributed by atoms with van der Waals surface area (Å²) in [6.45, 7) is 1.39. The minimum Gasteiger partial charge on any atom is -0.452 e. The summed E-state index contributed by atoms with van der Waals surface area (Å²) >= 11 is 0. The van der Waals surface area contributed by atoms with Crippen LogP contribution in [0.4, 0.5) is 4.79 Å². The summed E-state index contributed by atoms with van der Waals surface area (Å²) in [5, 5.41) is 4.89. The van der Waals surface area contributed by atoms with Crippen LogP contribution in [-0.4, -0.2) is 46.0 Å². The monoisotopic (exact) mass is 411 g/mol. The van der Waals surface area contributed by atoms with Gasteiger partial charge in [0.1, 0.15) is 0 Å². The highest BCUT2D eigenvalue weighted by Gasteiger charge is 2.23. The lowest BCUT2D eigenvalue weighted by Crippen LogP contribution is -2.48. The van der Waals surface area contributed by atoms with Gasteiger partial charge in [-0.3, -0.25) is 10.1 Å². The molecule has 0 unspecified atom stereocenters. The zero-order valence-electron chi connectivity index (χ0n) is 15.9. The van der Waals surface area contributed by atoms with Gasteiger partial charge in [0.2, 0.25) is 10.0 Å². The van der Waals surface area contributed by atoms with Crippen molar-refractivity contribution in [3.8, 4) is 0 Å². The van der Waals surface area contributed by atoms with E-state index in [1.807, 2.05) is 0 Å². The minimum absolute atomic E-state index is 0.0148. The fraction of sp³-hybridized carbons (Fsp3) is 0.500. The first-order valence-corrected chi connectivity index (χ1v) is 10.5. The Hall–Kier alpha value is -2.46. The van der Waals surface area contributed by atoms with E-state index in [0.717, 1.165) is 31.7 Å². The maximum Gasteiger partial charge on any atom is 0.338 e. The Balaban J connectivity index is 1.84. The van der Waals surface area contributed by atoms with E-state index in [0.29, 0.717) is 5.92 Å². The lowest BCUT2D eigenvalue weighted by Gasteiger charge is -2.29. The molecule has 3 N–H and O–H groups in total. The van der Waals surface area contributed by atoms with Crippen molar-refractivity contribution in [2.75, 3.05) is 13.7 Å². The van der Waals surface area contributed by atoms with Crippen LogP contribution in [0.15, 0.2) is 29.2 Å². The standard InChI is InChI=1S/C18H25N3O6S/c1-12-6-3-4-9-15(12)20-18(24)21-16(22)11-27-17(23)13-7-5-8-14(10-13)28(25,26)19-2/h5,7-8,10,12,15,19H,3-4,6,9,11H2,1-2H3,(H2,20,21,22,24)/t12-,15-/m1/s1. The maximum absolute atomic E-state index is 12.0. The zero-order valence-corrected chi connectivity index (χ0v) is 16.7. The Labute approximate surface area is 164 Å². The van der Waals surface area contributed by atoms with Gasteiger partial charge < -0.3 is 10.1 Å². The van der Waals surface area contributed by atoms with Crippen LogP contribution < -0.4 is 15.4 Å². The van der Waals surface area contributed by atoms with Crippen LogP contribution >= 0.6 is 0 Å². The quantitative estimate of drug-likeness (QED) is 0.602.